The van der Waals surface area contributed by atoms with Crippen molar-refractivity contribution in [2.24, 2.45) is 7.05 Å². The number of aryl methyl sites for hydroxylation is 1. The number of aromatic nitrogens is 3. The maximum atomic E-state index is 12.5. The summed E-state index contributed by atoms with van der Waals surface area (Å²) in [6, 6.07) is 11.8. The number of fused-ring (bicyclic) bond motifs is 1. The van der Waals surface area contributed by atoms with Gasteiger partial charge in [-0.05, 0) is 24.3 Å². The molecular weight excluding hydrogens is 342 g/mol. The van der Waals surface area contributed by atoms with E-state index in [0.717, 1.165) is 55.0 Å². The minimum Gasteiger partial charge on any atom is -0.379 e. The monoisotopic (exact) mass is 365 g/mol. The van der Waals surface area contributed by atoms with Crippen molar-refractivity contribution in [3.8, 4) is 11.3 Å². The fourth-order valence-electron chi connectivity index (χ4n) is 3.33. The molecule has 0 spiro atoms. The summed E-state index contributed by atoms with van der Waals surface area (Å²) in [5.41, 5.74) is 3.29. The lowest BCUT2D eigenvalue weighted by molar-refractivity contribution is 0.0383. The smallest absolute Gasteiger partial charge is 0.271 e. The Hall–Kier alpha value is -2.77. The molecule has 0 atom stereocenters. The van der Waals surface area contributed by atoms with Crippen molar-refractivity contribution in [3.05, 3.63) is 48.3 Å². The highest BCUT2D eigenvalue weighted by atomic mass is 16.5. The summed E-state index contributed by atoms with van der Waals surface area (Å²) in [7, 11) is 1.85. The highest BCUT2D eigenvalue weighted by Crippen LogP contribution is 2.24. The van der Waals surface area contributed by atoms with Crippen molar-refractivity contribution >= 4 is 16.8 Å². The van der Waals surface area contributed by atoms with E-state index in [4.69, 9.17) is 4.74 Å². The quantitative estimate of drug-likeness (QED) is 0.745. The highest BCUT2D eigenvalue weighted by Gasteiger charge is 2.15. The van der Waals surface area contributed by atoms with Crippen LogP contribution < -0.4 is 5.32 Å². The van der Waals surface area contributed by atoms with Crippen LogP contribution in [-0.2, 0) is 11.8 Å². The predicted molar refractivity (Wildman–Crippen MR) is 104 cm³/mol. The van der Waals surface area contributed by atoms with E-state index < -0.39 is 0 Å². The molecule has 2 aromatic heterocycles. The van der Waals surface area contributed by atoms with E-state index >= 15 is 0 Å². The molecular formula is C20H23N5O2. The molecule has 4 rings (SSSR count). The van der Waals surface area contributed by atoms with Crippen molar-refractivity contribution in [1.29, 1.82) is 0 Å². The molecule has 1 aliphatic heterocycles. The zero-order valence-electron chi connectivity index (χ0n) is 15.4. The topological polar surface area (TPSA) is 72.3 Å². The van der Waals surface area contributed by atoms with Crippen molar-refractivity contribution in [2.45, 2.75) is 0 Å². The summed E-state index contributed by atoms with van der Waals surface area (Å²) in [6.45, 7) is 4.79. The molecule has 3 heterocycles. The first kappa shape index (κ1) is 17.6. The van der Waals surface area contributed by atoms with Crippen LogP contribution >= 0.6 is 0 Å². The van der Waals surface area contributed by atoms with Gasteiger partial charge in [0.2, 0.25) is 0 Å². The van der Waals surface area contributed by atoms with Gasteiger partial charge in [0, 0.05) is 50.4 Å². The van der Waals surface area contributed by atoms with Gasteiger partial charge in [-0.3, -0.25) is 19.4 Å². The Morgan fingerprint density at radius 2 is 2.07 bits per heavy atom. The second kappa shape index (κ2) is 7.85. The number of hydrogen-bond donors (Lipinski definition) is 1. The Kier molecular flexibility index (Phi) is 5.13. The number of morpholine rings is 1. The number of nitrogens with one attached hydrogen (secondary N) is 1. The first-order chi connectivity index (χ1) is 13.2. The fraction of sp³-hybridized carbons (Fsp3) is 0.350. The molecule has 1 N–H and O–H groups in total. The first-order valence-corrected chi connectivity index (χ1v) is 9.18. The Morgan fingerprint density at radius 3 is 2.93 bits per heavy atom. The van der Waals surface area contributed by atoms with E-state index in [9.17, 15) is 4.79 Å². The van der Waals surface area contributed by atoms with Crippen LogP contribution in [0.5, 0.6) is 0 Å². The minimum atomic E-state index is -0.146. The molecule has 1 fully saturated rings. The standard InChI is InChI=1S/C20H23N5O2/c1-24-19(16-4-5-17-15(13-16)3-2-6-21-17)14-18(23-24)20(26)22-7-8-25-9-11-27-12-10-25/h2-6,13-14H,7-12H2,1H3,(H,22,26). The molecule has 27 heavy (non-hydrogen) atoms. The van der Waals surface area contributed by atoms with Gasteiger partial charge in [0.1, 0.15) is 0 Å². The van der Waals surface area contributed by atoms with Crippen LogP contribution in [0.4, 0.5) is 0 Å². The number of carbonyl (C=O) groups is 1. The van der Waals surface area contributed by atoms with E-state index in [1.807, 2.05) is 37.4 Å². The van der Waals surface area contributed by atoms with Gasteiger partial charge >= 0.3 is 0 Å². The van der Waals surface area contributed by atoms with Crippen LogP contribution in [0.2, 0.25) is 0 Å². The first-order valence-electron chi connectivity index (χ1n) is 9.18. The van der Waals surface area contributed by atoms with Crippen LogP contribution in [0.15, 0.2) is 42.6 Å². The molecule has 1 saturated heterocycles. The van der Waals surface area contributed by atoms with Crippen LogP contribution in [-0.4, -0.2) is 65.0 Å². The lowest BCUT2D eigenvalue weighted by Gasteiger charge is -2.26. The van der Waals surface area contributed by atoms with E-state index in [0.29, 0.717) is 12.2 Å². The number of rotatable bonds is 5. The fourth-order valence-corrected chi connectivity index (χ4v) is 3.33. The van der Waals surface area contributed by atoms with Gasteiger partial charge in [0.15, 0.2) is 5.69 Å². The molecule has 0 unspecified atom stereocenters. The van der Waals surface area contributed by atoms with Gasteiger partial charge in [-0.2, -0.15) is 5.10 Å². The average Bonchev–Trinajstić information content (AvgIpc) is 3.10. The van der Waals surface area contributed by atoms with E-state index in [1.165, 1.54) is 0 Å². The number of pyridine rings is 1. The van der Waals surface area contributed by atoms with Gasteiger partial charge in [-0.25, -0.2) is 0 Å². The molecule has 0 aliphatic carbocycles. The largest absolute Gasteiger partial charge is 0.379 e. The summed E-state index contributed by atoms with van der Waals surface area (Å²) in [4.78, 5) is 19.1. The third-order valence-corrected chi connectivity index (χ3v) is 4.83. The van der Waals surface area contributed by atoms with Crippen molar-refractivity contribution in [2.75, 3.05) is 39.4 Å². The third kappa shape index (κ3) is 3.99. The Labute approximate surface area is 157 Å². The number of carbonyl (C=O) groups excluding carboxylic acids is 1. The number of amides is 1. The summed E-state index contributed by atoms with van der Waals surface area (Å²) in [6.07, 6.45) is 1.78. The zero-order chi connectivity index (χ0) is 18.6. The molecule has 3 aromatic rings. The second-order valence-corrected chi connectivity index (χ2v) is 6.66. The molecule has 140 valence electrons. The maximum Gasteiger partial charge on any atom is 0.271 e. The van der Waals surface area contributed by atoms with E-state index in [2.05, 4.69) is 26.4 Å². The predicted octanol–water partition coefficient (Wildman–Crippen LogP) is 1.70. The highest BCUT2D eigenvalue weighted by molar-refractivity contribution is 5.94. The molecule has 1 amide bonds. The lowest BCUT2D eigenvalue weighted by Crippen LogP contribution is -2.41. The van der Waals surface area contributed by atoms with Crippen LogP contribution in [0.3, 0.4) is 0 Å². The average molecular weight is 365 g/mol. The SMILES string of the molecule is Cn1nc(C(=O)NCCN2CCOCC2)cc1-c1ccc2ncccc2c1. The second-order valence-electron chi connectivity index (χ2n) is 6.66. The van der Waals surface area contributed by atoms with Crippen LogP contribution in [0.1, 0.15) is 10.5 Å². The zero-order valence-corrected chi connectivity index (χ0v) is 15.4. The summed E-state index contributed by atoms with van der Waals surface area (Å²) >= 11 is 0. The molecule has 7 heteroatoms. The minimum absolute atomic E-state index is 0.146. The van der Waals surface area contributed by atoms with Crippen LogP contribution in [0.25, 0.3) is 22.2 Å². The number of hydrogen-bond acceptors (Lipinski definition) is 5. The Bertz CT molecular complexity index is 946. The number of nitrogens with zero attached hydrogens (tertiary/aromatic N) is 4. The molecule has 1 aliphatic rings. The van der Waals surface area contributed by atoms with Gasteiger partial charge in [-0.15, -0.1) is 0 Å². The Morgan fingerprint density at radius 1 is 1.22 bits per heavy atom. The number of ether oxygens (including phenoxy) is 1. The van der Waals surface area contributed by atoms with E-state index in [-0.39, 0.29) is 5.91 Å². The van der Waals surface area contributed by atoms with Gasteiger partial charge in [0.05, 0.1) is 24.4 Å². The van der Waals surface area contributed by atoms with Gasteiger partial charge < -0.3 is 10.1 Å². The van der Waals surface area contributed by atoms with Gasteiger partial charge in [0.25, 0.3) is 5.91 Å². The summed E-state index contributed by atoms with van der Waals surface area (Å²) in [5, 5.41) is 8.41. The lowest BCUT2D eigenvalue weighted by atomic mass is 10.1. The molecule has 0 radical (unpaired) electrons. The normalized spacial score (nSPS) is 15.1. The molecule has 1 aromatic carbocycles. The third-order valence-electron chi connectivity index (χ3n) is 4.83. The van der Waals surface area contributed by atoms with Crippen LogP contribution in [0, 0.1) is 0 Å². The maximum absolute atomic E-state index is 12.5. The van der Waals surface area contributed by atoms with Crippen molar-refractivity contribution in [1.82, 2.24) is 25.0 Å². The van der Waals surface area contributed by atoms with E-state index in [1.54, 1.807) is 10.9 Å². The van der Waals surface area contributed by atoms with Crippen molar-refractivity contribution in [3.63, 3.8) is 0 Å². The van der Waals surface area contributed by atoms with Gasteiger partial charge in [-0.1, -0.05) is 12.1 Å². The number of benzene rings is 1. The molecule has 7 nitrogen and oxygen atoms in total. The molecule has 0 bridgehead atoms. The Balaban J connectivity index is 1.44. The molecule has 0 saturated carbocycles. The van der Waals surface area contributed by atoms with Crippen molar-refractivity contribution < 1.29 is 9.53 Å². The summed E-state index contributed by atoms with van der Waals surface area (Å²) in [5.74, 6) is -0.146. The summed E-state index contributed by atoms with van der Waals surface area (Å²) < 4.78 is 7.08.